The molecule has 1 aromatic rings. The fraction of sp³-hybridized carbons (Fsp3) is 0.696. The Morgan fingerprint density at radius 2 is 1.74 bits per heavy atom. The molecule has 1 aromatic carbocycles. The third-order valence-corrected chi connectivity index (χ3v) is 5.31. The topological polar surface area (TPSA) is 47.6 Å². The van der Waals surface area contributed by atoms with Crippen LogP contribution >= 0.6 is 0 Å². The summed E-state index contributed by atoms with van der Waals surface area (Å²) in [6, 6.07) is 5.90. The molecular weight excluding hydrogens is 338 g/mol. The third-order valence-electron chi connectivity index (χ3n) is 5.31. The second-order valence-electron chi connectivity index (χ2n) is 8.85. The maximum Gasteiger partial charge on any atom is 0.256 e. The molecule has 1 aliphatic carbocycles. The van der Waals surface area contributed by atoms with E-state index in [1.54, 1.807) is 7.11 Å². The van der Waals surface area contributed by atoms with Crippen molar-refractivity contribution in [3.8, 4) is 5.75 Å². The van der Waals surface area contributed by atoms with Gasteiger partial charge in [0.2, 0.25) is 0 Å². The summed E-state index contributed by atoms with van der Waals surface area (Å²) in [6.45, 7) is 10.5. The van der Waals surface area contributed by atoms with Crippen molar-refractivity contribution in [3.63, 3.8) is 0 Å². The highest BCUT2D eigenvalue weighted by Gasteiger charge is 2.39. The molecule has 1 amide bonds. The molecule has 0 spiro atoms. The van der Waals surface area contributed by atoms with Crippen LogP contribution in [0.15, 0.2) is 18.2 Å². The van der Waals surface area contributed by atoms with Gasteiger partial charge in [0, 0.05) is 12.8 Å². The van der Waals surface area contributed by atoms with Crippen molar-refractivity contribution in [2.75, 3.05) is 12.4 Å². The lowest BCUT2D eigenvalue weighted by Gasteiger charge is -2.34. The normalized spacial score (nSPS) is 15.6. The molecule has 152 valence electrons. The van der Waals surface area contributed by atoms with Gasteiger partial charge in [-0.2, -0.15) is 0 Å². The summed E-state index contributed by atoms with van der Waals surface area (Å²) >= 11 is 0. The fourth-order valence-corrected chi connectivity index (χ4v) is 4.14. The van der Waals surface area contributed by atoms with Crippen molar-refractivity contribution in [2.24, 2.45) is 11.8 Å². The molecule has 1 saturated carbocycles. The Bertz CT molecular complexity index is 608. The second kappa shape index (κ2) is 9.59. The molecule has 1 N–H and O–H groups in total. The quantitative estimate of drug-likeness (QED) is 0.599. The Morgan fingerprint density at radius 3 is 2.22 bits per heavy atom. The maximum absolute atomic E-state index is 13.1. The minimum atomic E-state index is -0.796. The molecule has 0 aromatic heterocycles. The number of amides is 1. The lowest BCUT2D eigenvalue weighted by atomic mass is 9.84. The lowest BCUT2D eigenvalue weighted by Crippen LogP contribution is -2.46. The van der Waals surface area contributed by atoms with E-state index in [1.165, 1.54) is 12.8 Å². The summed E-state index contributed by atoms with van der Waals surface area (Å²) < 4.78 is 11.9. The molecule has 4 nitrogen and oxygen atoms in total. The molecule has 2 rings (SSSR count). The summed E-state index contributed by atoms with van der Waals surface area (Å²) in [5.74, 6) is 1.61. The Hall–Kier alpha value is -1.55. The Labute approximate surface area is 165 Å². The number of ether oxygens (including phenoxy) is 2. The van der Waals surface area contributed by atoms with Gasteiger partial charge < -0.3 is 14.8 Å². The number of methoxy groups -OCH3 is 1. The van der Waals surface area contributed by atoms with Crippen molar-refractivity contribution in [2.45, 2.75) is 84.8 Å². The van der Waals surface area contributed by atoms with E-state index in [9.17, 15) is 4.79 Å². The van der Waals surface area contributed by atoms with Crippen LogP contribution in [0.5, 0.6) is 5.75 Å². The molecule has 1 fully saturated rings. The first-order valence-electron chi connectivity index (χ1n) is 10.4. The predicted molar refractivity (Wildman–Crippen MR) is 111 cm³/mol. The Kier molecular flexibility index (Phi) is 7.72. The molecule has 0 saturated heterocycles. The van der Waals surface area contributed by atoms with E-state index in [0.29, 0.717) is 30.8 Å². The molecule has 0 unspecified atom stereocenters. The van der Waals surface area contributed by atoms with Crippen molar-refractivity contribution in [3.05, 3.63) is 23.8 Å². The number of hydrogen-bond donors (Lipinski definition) is 1. The van der Waals surface area contributed by atoms with Gasteiger partial charge in [0.05, 0.1) is 6.10 Å². The zero-order chi connectivity index (χ0) is 20.0. The van der Waals surface area contributed by atoms with E-state index < -0.39 is 5.60 Å². The molecule has 27 heavy (non-hydrogen) atoms. The average molecular weight is 376 g/mol. The van der Waals surface area contributed by atoms with Crippen LogP contribution in [-0.2, 0) is 9.53 Å². The first-order valence-corrected chi connectivity index (χ1v) is 10.4. The molecule has 0 atom stereocenters. The summed E-state index contributed by atoms with van der Waals surface area (Å²) in [5.41, 5.74) is 1.05. The highest BCUT2D eigenvalue weighted by molar-refractivity contribution is 5.97. The molecule has 4 heteroatoms. The average Bonchev–Trinajstić information content (AvgIpc) is 3.08. The highest BCUT2D eigenvalue weighted by atomic mass is 16.5. The monoisotopic (exact) mass is 375 g/mol. The van der Waals surface area contributed by atoms with Crippen molar-refractivity contribution in [1.82, 2.24) is 0 Å². The first-order chi connectivity index (χ1) is 12.8. The lowest BCUT2D eigenvalue weighted by molar-refractivity contribution is -0.142. The van der Waals surface area contributed by atoms with Crippen LogP contribution in [0.4, 0.5) is 5.69 Å². The van der Waals surface area contributed by atoms with Gasteiger partial charge in [0.1, 0.15) is 11.4 Å². The van der Waals surface area contributed by atoms with Crippen LogP contribution in [0.2, 0.25) is 0 Å². The number of carbonyl (C=O) groups is 1. The van der Waals surface area contributed by atoms with Gasteiger partial charge in [0.15, 0.2) is 0 Å². The predicted octanol–water partition coefficient (Wildman–Crippen LogP) is 5.73. The number of nitrogens with one attached hydrogen (secondary N) is 1. The van der Waals surface area contributed by atoms with Gasteiger partial charge in [-0.1, -0.05) is 27.7 Å². The highest BCUT2D eigenvalue weighted by Crippen LogP contribution is 2.32. The summed E-state index contributed by atoms with van der Waals surface area (Å²) in [6.07, 6.45) is 6.52. The van der Waals surface area contributed by atoms with Gasteiger partial charge >= 0.3 is 0 Å². The van der Waals surface area contributed by atoms with Crippen molar-refractivity contribution in [1.29, 1.82) is 0 Å². The Morgan fingerprint density at radius 1 is 1.15 bits per heavy atom. The van der Waals surface area contributed by atoms with Crippen LogP contribution in [0.3, 0.4) is 0 Å². The molecule has 0 heterocycles. The van der Waals surface area contributed by atoms with Crippen LogP contribution in [0, 0.1) is 18.8 Å². The van der Waals surface area contributed by atoms with Crippen LogP contribution in [0.1, 0.15) is 71.8 Å². The van der Waals surface area contributed by atoms with Gasteiger partial charge in [-0.15, -0.1) is 0 Å². The second-order valence-corrected chi connectivity index (χ2v) is 8.85. The summed E-state index contributed by atoms with van der Waals surface area (Å²) in [4.78, 5) is 13.1. The minimum absolute atomic E-state index is 0.0590. The van der Waals surface area contributed by atoms with E-state index in [-0.39, 0.29) is 5.91 Å². The fourth-order valence-electron chi connectivity index (χ4n) is 4.14. The summed E-state index contributed by atoms with van der Waals surface area (Å²) in [7, 11) is 1.65. The van der Waals surface area contributed by atoms with Crippen LogP contribution < -0.4 is 10.1 Å². The first kappa shape index (κ1) is 21.7. The zero-order valence-electron chi connectivity index (χ0n) is 17.9. The molecule has 0 radical (unpaired) electrons. The largest absolute Gasteiger partial charge is 0.490 e. The van der Waals surface area contributed by atoms with Crippen molar-refractivity contribution >= 4 is 11.6 Å². The van der Waals surface area contributed by atoms with E-state index in [4.69, 9.17) is 9.47 Å². The molecular formula is C23H37NO3. The van der Waals surface area contributed by atoms with Crippen LogP contribution in [0.25, 0.3) is 0 Å². The number of benzene rings is 1. The molecule has 0 aliphatic heterocycles. The van der Waals surface area contributed by atoms with E-state index >= 15 is 0 Å². The van der Waals surface area contributed by atoms with Gasteiger partial charge in [-0.3, -0.25) is 4.79 Å². The van der Waals surface area contributed by atoms with Crippen LogP contribution in [-0.4, -0.2) is 24.7 Å². The molecule has 1 aliphatic rings. The van der Waals surface area contributed by atoms with Crippen molar-refractivity contribution < 1.29 is 14.3 Å². The minimum Gasteiger partial charge on any atom is -0.490 e. The SMILES string of the molecule is COC(CC(C)C)(CC(C)C)C(=O)Nc1ccc(OC2CCCC2)c(C)c1. The van der Waals surface area contributed by atoms with Gasteiger partial charge in [0.25, 0.3) is 5.91 Å². The number of hydrogen-bond acceptors (Lipinski definition) is 3. The third kappa shape index (κ3) is 5.97. The summed E-state index contributed by atoms with van der Waals surface area (Å²) in [5, 5.41) is 3.09. The van der Waals surface area contributed by atoms with Gasteiger partial charge in [-0.05, 0) is 81.0 Å². The molecule has 0 bridgehead atoms. The number of anilines is 1. The number of aryl methyl sites for hydroxylation is 1. The van der Waals surface area contributed by atoms with E-state index in [0.717, 1.165) is 29.8 Å². The number of rotatable bonds is 9. The number of carbonyl (C=O) groups excluding carboxylic acids is 1. The van der Waals surface area contributed by atoms with Gasteiger partial charge in [-0.25, -0.2) is 0 Å². The standard InChI is InChI=1S/C23H37NO3/c1-16(2)14-23(26-6,15-17(3)4)22(25)24-19-11-12-21(18(5)13-19)27-20-9-7-8-10-20/h11-13,16-17,20H,7-10,14-15H2,1-6H3,(H,24,25). The zero-order valence-corrected chi connectivity index (χ0v) is 17.9. The smallest absolute Gasteiger partial charge is 0.256 e. The van der Waals surface area contributed by atoms with E-state index in [2.05, 4.69) is 33.0 Å². The Balaban J connectivity index is 2.12. The maximum atomic E-state index is 13.1. The van der Waals surface area contributed by atoms with E-state index in [1.807, 2.05) is 25.1 Å².